The van der Waals surface area contributed by atoms with Crippen LogP contribution in [0.25, 0.3) is 0 Å². The summed E-state index contributed by atoms with van der Waals surface area (Å²) in [6.45, 7) is 3.03. The molecule has 7 heavy (non-hydrogen) atoms. The summed E-state index contributed by atoms with van der Waals surface area (Å²) < 4.78 is 0. The van der Waals surface area contributed by atoms with Crippen LogP contribution in [0.3, 0.4) is 0 Å². The third-order valence-electron chi connectivity index (χ3n) is 0.791. The van der Waals surface area contributed by atoms with Gasteiger partial charge >= 0.3 is 0 Å². The van der Waals surface area contributed by atoms with Crippen LogP contribution >= 0.6 is 0 Å². The van der Waals surface area contributed by atoms with Crippen LogP contribution in [0, 0.1) is 0 Å². The second-order valence-electron chi connectivity index (χ2n) is 1.36. The zero-order chi connectivity index (χ0) is 5.11. The fourth-order valence-electron chi connectivity index (χ4n) is 0.430. The van der Waals surface area contributed by atoms with Crippen molar-refractivity contribution in [3.05, 3.63) is 6.20 Å². The summed E-state index contributed by atoms with van der Waals surface area (Å²) in [6.07, 6.45) is 1.88. The molecule has 3 N–H and O–H groups in total. The highest BCUT2D eigenvalue weighted by Gasteiger charge is 1.84. The summed E-state index contributed by atoms with van der Waals surface area (Å²) in [5.41, 5.74) is 0. The van der Waals surface area contributed by atoms with E-state index in [1.807, 2.05) is 6.20 Å². The normalized spacial score (nSPS) is 9.29. The predicted octanol–water partition coefficient (Wildman–Crippen LogP) is 0.775. The van der Waals surface area contributed by atoms with Gasteiger partial charge < -0.3 is 10.4 Å². The molecule has 0 aliphatic heterocycles. The van der Waals surface area contributed by atoms with Gasteiger partial charge in [-0.1, -0.05) is 0 Å². The lowest BCUT2D eigenvalue weighted by Crippen LogP contribution is -2.02. The number of rotatable bonds is 2. The minimum Gasteiger partial charge on any atom is -0.370 e. The first-order chi connectivity index (χ1) is 3.43. The van der Waals surface area contributed by atoms with E-state index >= 15 is 0 Å². The average Bonchev–Trinajstić information content (AvgIpc) is 1.55. The molecule has 3 nitrogen and oxygen atoms in total. The SMILES string of the molecule is CCNc1c[nH][nH]1. The monoisotopic (exact) mass is 99.1 g/mol. The topological polar surface area (TPSA) is 43.6 Å². The van der Waals surface area contributed by atoms with Gasteiger partial charge in [0.05, 0.1) is 6.20 Å². The summed E-state index contributed by atoms with van der Waals surface area (Å²) in [5.74, 6) is 1.07. The van der Waals surface area contributed by atoms with Crippen LogP contribution in [0.4, 0.5) is 5.82 Å². The standard InChI is InChI=1S/C4H9N3/c1-2-5-4-3-6-7-4/h3,5-7H,2H2,1H3. The molecule has 0 amide bonds. The van der Waals surface area contributed by atoms with Crippen molar-refractivity contribution in [2.24, 2.45) is 0 Å². The van der Waals surface area contributed by atoms with E-state index in [0.29, 0.717) is 0 Å². The zero-order valence-electron chi connectivity index (χ0n) is 4.28. The first kappa shape index (κ1) is 4.30. The Morgan fingerprint density at radius 2 is 2.57 bits per heavy atom. The summed E-state index contributed by atoms with van der Waals surface area (Å²) in [7, 11) is 0. The summed E-state index contributed by atoms with van der Waals surface area (Å²) in [6, 6.07) is 0. The smallest absolute Gasteiger partial charge is 0.136 e. The molecule has 0 radical (unpaired) electrons. The quantitative estimate of drug-likeness (QED) is 0.504. The Morgan fingerprint density at radius 1 is 1.86 bits per heavy atom. The van der Waals surface area contributed by atoms with E-state index in [1.165, 1.54) is 0 Å². The molecule has 0 bridgehead atoms. The van der Waals surface area contributed by atoms with Crippen LogP contribution in [0.1, 0.15) is 6.92 Å². The number of aromatic amines is 2. The van der Waals surface area contributed by atoms with Crippen LogP contribution in [0.15, 0.2) is 6.20 Å². The highest BCUT2D eigenvalue weighted by atomic mass is 15.2. The third kappa shape index (κ3) is 0.765. The van der Waals surface area contributed by atoms with Gasteiger partial charge in [-0.3, -0.25) is 5.10 Å². The fraction of sp³-hybridized carbons (Fsp3) is 0.500. The van der Waals surface area contributed by atoms with E-state index in [0.717, 1.165) is 12.4 Å². The molecule has 0 aliphatic rings. The van der Waals surface area contributed by atoms with E-state index in [1.54, 1.807) is 0 Å². The fourth-order valence-corrected chi connectivity index (χ4v) is 0.430. The van der Waals surface area contributed by atoms with Gasteiger partial charge in [-0.15, -0.1) is 0 Å². The highest BCUT2D eigenvalue weighted by molar-refractivity contribution is 5.30. The number of H-pyrrole nitrogens is 2. The Balaban J connectivity index is 2.26. The van der Waals surface area contributed by atoms with Gasteiger partial charge in [0.25, 0.3) is 0 Å². The molecule has 1 aromatic rings. The van der Waals surface area contributed by atoms with E-state index in [9.17, 15) is 0 Å². The Morgan fingerprint density at radius 3 is 2.71 bits per heavy atom. The van der Waals surface area contributed by atoms with Crippen molar-refractivity contribution in [3.63, 3.8) is 0 Å². The number of hydrogen-bond acceptors (Lipinski definition) is 1. The molecule has 40 valence electrons. The lowest BCUT2D eigenvalue weighted by Gasteiger charge is -2.03. The number of hydrogen-bond donors (Lipinski definition) is 3. The first-order valence-electron chi connectivity index (χ1n) is 2.39. The van der Waals surface area contributed by atoms with Crippen LogP contribution in [0.2, 0.25) is 0 Å². The molecular weight excluding hydrogens is 90.1 g/mol. The van der Waals surface area contributed by atoms with Crippen molar-refractivity contribution in [1.82, 2.24) is 10.2 Å². The van der Waals surface area contributed by atoms with Crippen LogP contribution < -0.4 is 5.32 Å². The summed E-state index contributed by atoms with van der Waals surface area (Å²) >= 11 is 0. The molecule has 1 heterocycles. The van der Waals surface area contributed by atoms with E-state index in [4.69, 9.17) is 0 Å². The molecule has 0 unspecified atom stereocenters. The molecule has 0 saturated carbocycles. The Bertz CT molecular complexity index is 110. The predicted molar refractivity (Wildman–Crippen MR) is 29.3 cm³/mol. The van der Waals surface area contributed by atoms with Crippen LogP contribution in [-0.2, 0) is 0 Å². The minimum atomic E-state index is 0.973. The Hall–Kier alpha value is -0.860. The van der Waals surface area contributed by atoms with E-state index in [-0.39, 0.29) is 0 Å². The molecule has 0 aliphatic carbocycles. The van der Waals surface area contributed by atoms with Crippen molar-refractivity contribution in [2.75, 3.05) is 11.9 Å². The van der Waals surface area contributed by atoms with Gasteiger partial charge in [0.15, 0.2) is 0 Å². The largest absolute Gasteiger partial charge is 0.370 e. The van der Waals surface area contributed by atoms with E-state index < -0.39 is 0 Å². The lowest BCUT2D eigenvalue weighted by molar-refractivity contribution is 0.949. The number of aromatic nitrogens is 2. The van der Waals surface area contributed by atoms with Gasteiger partial charge in [0.2, 0.25) is 0 Å². The van der Waals surface area contributed by atoms with Crippen LogP contribution in [0.5, 0.6) is 0 Å². The maximum Gasteiger partial charge on any atom is 0.136 e. The molecule has 0 saturated heterocycles. The highest BCUT2D eigenvalue weighted by Crippen LogP contribution is 1.95. The van der Waals surface area contributed by atoms with Gasteiger partial charge in [-0.05, 0) is 6.92 Å². The molecule has 0 fully saturated rings. The molecule has 1 aromatic heterocycles. The summed E-state index contributed by atoms with van der Waals surface area (Å²) in [5, 5.41) is 8.69. The molecule has 1 rings (SSSR count). The van der Waals surface area contributed by atoms with Crippen molar-refractivity contribution in [3.8, 4) is 0 Å². The second kappa shape index (κ2) is 1.73. The Kier molecular flexibility index (Phi) is 1.06. The minimum absolute atomic E-state index is 0.973. The average molecular weight is 99.1 g/mol. The van der Waals surface area contributed by atoms with Crippen LogP contribution in [-0.4, -0.2) is 16.7 Å². The molecule has 0 aromatic carbocycles. The number of anilines is 1. The maximum absolute atomic E-state index is 3.07. The van der Waals surface area contributed by atoms with Gasteiger partial charge in [0, 0.05) is 6.54 Å². The molecule has 3 heteroatoms. The molecular formula is C4H9N3. The molecule has 0 spiro atoms. The van der Waals surface area contributed by atoms with Crippen molar-refractivity contribution >= 4 is 5.82 Å². The number of nitrogens with one attached hydrogen (secondary N) is 3. The first-order valence-corrected chi connectivity index (χ1v) is 2.39. The van der Waals surface area contributed by atoms with Gasteiger partial charge in [0.1, 0.15) is 5.82 Å². The van der Waals surface area contributed by atoms with E-state index in [2.05, 4.69) is 22.4 Å². The van der Waals surface area contributed by atoms with Crippen molar-refractivity contribution in [1.29, 1.82) is 0 Å². The lowest BCUT2D eigenvalue weighted by atomic mass is 10.6. The van der Waals surface area contributed by atoms with Gasteiger partial charge in [-0.25, -0.2) is 0 Å². The second-order valence-corrected chi connectivity index (χ2v) is 1.36. The van der Waals surface area contributed by atoms with Crippen molar-refractivity contribution in [2.45, 2.75) is 6.92 Å². The summed E-state index contributed by atoms with van der Waals surface area (Å²) in [4.78, 5) is 0. The third-order valence-corrected chi connectivity index (χ3v) is 0.791. The zero-order valence-corrected chi connectivity index (χ0v) is 4.28. The maximum atomic E-state index is 3.07. The van der Waals surface area contributed by atoms with Crippen molar-refractivity contribution < 1.29 is 0 Å². The van der Waals surface area contributed by atoms with Gasteiger partial charge in [-0.2, -0.15) is 0 Å². The molecule has 0 atom stereocenters. The Labute approximate surface area is 42.1 Å².